The Balaban J connectivity index is 2.35. The highest BCUT2D eigenvalue weighted by Crippen LogP contribution is 2.32. The van der Waals surface area contributed by atoms with Crippen molar-refractivity contribution >= 4 is 5.97 Å². The molecule has 0 bridgehead atoms. The van der Waals surface area contributed by atoms with E-state index in [4.69, 9.17) is 14.6 Å². The van der Waals surface area contributed by atoms with Crippen molar-refractivity contribution in [3.8, 4) is 11.5 Å². The molecule has 0 aliphatic carbocycles. The van der Waals surface area contributed by atoms with E-state index in [-0.39, 0.29) is 5.56 Å². The molecule has 1 aliphatic heterocycles. The van der Waals surface area contributed by atoms with Crippen molar-refractivity contribution in [2.75, 3.05) is 27.3 Å². The van der Waals surface area contributed by atoms with Crippen molar-refractivity contribution in [1.29, 1.82) is 0 Å². The van der Waals surface area contributed by atoms with Gasteiger partial charge in [0.25, 0.3) is 0 Å². The highest BCUT2D eigenvalue weighted by Gasteiger charge is 2.20. The molecule has 0 saturated carbocycles. The van der Waals surface area contributed by atoms with E-state index in [2.05, 4.69) is 4.90 Å². The molecule has 0 radical (unpaired) electrons. The number of likely N-dealkylation sites (tertiary alicyclic amines) is 1. The van der Waals surface area contributed by atoms with Crippen LogP contribution < -0.4 is 9.47 Å². The Kier molecular flexibility index (Phi) is 4.27. The third-order valence-electron chi connectivity index (χ3n) is 3.44. The maximum atomic E-state index is 11.1. The van der Waals surface area contributed by atoms with Crippen LogP contribution in [0, 0.1) is 0 Å². The normalized spacial score (nSPS) is 15.5. The molecule has 0 amide bonds. The molecule has 1 aromatic rings. The zero-order valence-electron chi connectivity index (χ0n) is 11.3. The third kappa shape index (κ3) is 2.98. The smallest absolute Gasteiger partial charge is 0.335 e. The van der Waals surface area contributed by atoms with Gasteiger partial charge >= 0.3 is 5.97 Å². The van der Waals surface area contributed by atoms with Crippen molar-refractivity contribution in [2.24, 2.45) is 0 Å². The van der Waals surface area contributed by atoms with E-state index in [1.54, 1.807) is 26.4 Å². The van der Waals surface area contributed by atoms with E-state index in [1.807, 2.05) is 0 Å². The van der Waals surface area contributed by atoms with Crippen molar-refractivity contribution < 1.29 is 19.4 Å². The first-order chi connectivity index (χ1) is 9.15. The fourth-order valence-electron chi connectivity index (χ4n) is 2.43. The first-order valence-electron chi connectivity index (χ1n) is 6.36. The van der Waals surface area contributed by atoms with Crippen molar-refractivity contribution in [3.05, 3.63) is 23.3 Å². The predicted molar refractivity (Wildman–Crippen MR) is 71.0 cm³/mol. The SMILES string of the molecule is COc1cc(C(=O)O)cc(OC)c1CN1CCCC1. The first kappa shape index (κ1) is 13.7. The van der Waals surface area contributed by atoms with Gasteiger partial charge < -0.3 is 14.6 Å². The van der Waals surface area contributed by atoms with Crippen LogP contribution in [0.1, 0.15) is 28.8 Å². The lowest BCUT2D eigenvalue weighted by molar-refractivity contribution is 0.0696. The molecule has 1 saturated heterocycles. The fourth-order valence-corrected chi connectivity index (χ4v) is 2.43. The summed E-state index contributed by atoms with van der Waals surface area (Å²) in [5, 5.41) is 9.08. The van der Waals surface area contributed by atoms with Gasteiger partial charge in [-0.25, -0.2) is 4.79 Å². The molecule has 1 aromatic carbocycles. The Morgan fingerprint density at radius 1 is 1.21 bits per heavy atom. The molecule has 1 N–H and O–H groups in total. The van der Waals surface area contributed by atoms with Gasteiger partial charge in [0.1, 0.15) is 11.5 Å². The lowest BCUT2D eigenvalue weighted by Gasteiger charge is -2.19. The van der Waals surface area contributed by atoms with E-state index in [0.717, 1.165) is 25.2 Å². The molecule has 1 fully saturated rings. The zero-order valence-corrected chi connectivity index (χ0v) is 11.3. The number of hydrogen-bond acceptors (Lipinski definition) is 4. The highest BCUT2D eigenvalue weighted by atomic mass is 16.5. The number of benzene rings is 1. The lowest BCUT2D eigenvalue weighted by atomic mass is 10.1. The average molecular weight is 265 g/mol. The van der Waals surface area contributed by atoms with E-state index >= 15 is 0 Å². The number of ether oxygens (including phenoxy) is 2. The van der Waals surface area contributed by atoms with Gasteiger partial charge in [-0.05, 0) is 38.1 Å². The quantitative estimate of drug-likeness (QED) is 0.882. The summed E-state index contributed by atoms with van der Waals surface area (Å²) in [5.74, 6) is 0.164. The minimum atomic E-state index is -0.982. The van der Waals surface area contributed by atoms with E-state index < -0.39 is 5.97 Å². The molecule has 0 atom stereocenters. The molecule has 2 rings (SSSR count). The fraction of sp³-hybridized carbons (Fsp3) is 0.500. The summed E-state index contributed by atoms with van der Waals surface area (Å²) in [4.78, 5) is 13.4. The van der Waals surface area contributed by atoms with Crippen LogP contribution in [0.2, 0.25) is 0 Å². The minimum Gasteiger partial charge on any atom is -0.496 e. The van der Waals surface area contributed by atoms with Crippen LogP contribution in [-0.2, 0) is 6.54 Å². The Morgan fingerprint density at radius 3 is 2.16 bits per heavy atom. The van der Waals surface area contributed by atoms with Crippen LogP contribution in [0.5, 0.6) is 11.5 Å². The molecule has 104 valence electrons. The second-order valence-electron chi connectivity index (χ2n) is 4.65. The van der Waals surface area contributed by atoms with Crippen LogP contribution in [0.25, 0.3) is 0 Å². The number of rotatable bonds is 5. The summed E-state index contributed by atoms with van der Waals surface area (Å²) < 4.78 is 10.6. The maximum Gasteiger partial charge on any atom is 0.335 e. The van der Waals surface area contributed by atoms with Gasteiger partial charge in [-0.1, -0.05) is 0 Å². The highest BCUT2D eigenvalue weighted by molar-refractivity contribution is 5.89. The Labute approximate surface area is 112 Å². The molecule has 1 heterocycles. The number of carboxylic acid groups (broad SMARTS) is 1. The van der Waals surface area contributed by atoms with E-state index in [9.17, 15) is 4.79 Å². The lowest BCUT2D eigenvalue weighted by Crippen LogP contribution is -2.19. The standard InChI is InChI=1S/C14H19NO4/c1-18-12-7-10(14(16)17)8-13(19-2)11(12)9-15-5-3-4-6-15/h7-8H,3-6,9H2,1-2H3,(H,16,17). The maximum absolute atomic E-state index is 11.1. The topological polar surface area (TPSA) is 59.0 Å². The van der Waals surface area contributed by atoms with Crippen molar-refractivity contribution in [3.63, 3.8) is 0 Å². The molecule has 1 aliphatic rings. The van der Waals surface area contributed by atoms with E-state index in [0.29, 0.717) is 11.5 Å². The Bertz CT molecular complexity index is 442. The Morgan fingerprint density at radius 2 is 1.74 bits per heavy atom. The third-order valence-corrected chi connectivity index (χ3v) is 3.44. The molecule has 5 nitrogen and oxygen atoms in total. The summed E-state index contributed by atoms with van der Waals surface area (Å²) in [6, 6.07) is 3.10. The second kappa shape index (κ2) is 5.93. The molecular weight excluding hydrogens is 246 g/mol. The largest absolute Gasteiger partial charge is 0.496 e. The summed E-state index contributed by atoms with van der Waals surface area (Å²) >= 11 is 0. The predicted octanol–water partition coefficient (Wildman–Crippen LogP) is 2.00. The molecular formula is C14H19NO4. The number of aromatic carboxylic acids is 1. The summed E-state index contributed by atoms with van der Waals surface area (Å²) in [5.41, 5.74) is 1.09. The van der Waals surface area contributed by atoms with Crippen LogP contribution in [-0.4, -0.2) is 43.3 Å². The second-order valence-corrected chi connectivity index (χ2v) is 4.65. The Hall–Kier alpha value is -1.75. The summed E-state index contributed by atoms with van der Waals surface area (Å²) in [6.45, 7) is 2.85. The summed E-state index contributed by atoms with van der Waals surface area (Å²) in [7, 11) is 3.10. The molecule has 19 heavy (non-hydrogen) atoms. The molecule has 5 heteroatoms. The average Bonchev–Trinajstić information content (AvgIpc) is 2.91. The van der Waals surface area contributed by atoms with E-state index in [1.165, 1.54) is 12.8 Å². The first-order valence-corrected chi connectivity index (χ1v) is 6.36. The van der Waals surface area contributed by atoms with Crippen molar-refractivity contribution in [2.45, 2.75) is 19.4 Å². The number of methoxy groups -OCH3 is 2. The van der Waals surface area contributed by atoms with Crippen LogP contribution in [0.15, 0.2) is 12.1 Å². The van der Waals surface area contributed by atoms with Gasteiger partial charge in [0.05, 0.1) is 25.3 Å². The number of carboxylic acids is 1. The van der Waals surface area contributed by atoms with Crippen LogP contribution in [0.3, 0.4) is 0 Å². The molecule has 0 aromatic heterocycles. The van der Waals surface area contributed by atoms with Gasteiger partial charge in [-0.2, -0.15) is 0 Å². The van der Waals surface area contributed by atoms with Gasteiger partial charge in [0.15, 0.2) is 0 Å². The van der Waals surface area contributed by atoms with Gasteiger partial charge in [-0.15, -0.1) is 0 Å². The molecule has 0 spiro atoms. The van der Waals surface area contributed by atoms with Gasteiger partial charge in [0.2, 0.25) is 0 Å². The summed E-state index contributed by atoms with van der Waals surface area (Å²) in [6.07, 6.45) is 2.41. The van der Waals surface area contributed by atoms with Crippen molar-refractivity contribution in [1.82, 2.24) is 4.90 Å². The van der Waals surface area contributed by atoms with Gasteiger partial charge in [-0.3, -0.25) is 4.90 Å². The number of carbonyl (C=O) groups is 1. The number of hydrogen-bond donors (Lipinski definition) is 1. The number of nitrogens with zero attached hydrogens (tertiary/aromatic N) is 1. The minimum absolute atomic E-state index is 0.180. The van der Waals surface area contributed by atoms with Gasteiger partial charge in [0, 0.05) is 6.54 Å². The monoisotopic (exact) mass is 265 g/mol. The van der Waals surface area contributed by atoms with Crippen LogP contribution >= 0.6 is 0 Å². The molecule has 0 unspecified atom stereocenters. The zero-order chi connectivity index (χ0) is 13.8. The van der Waals surface area contributed by atoms with Crippen LogP contribution in [0.4, 0.5) is 0 Å².